The van der Waals surface area contributed by atoms with Crippen LogP contribution >= 0.6 is 18.6 Å². The van der Waals surface area contributed by atoms with Crippen LogP contribution in [-0.2, 0) is 17.0 Å². The van der Waals surface area contributed by atoms with E-state index in [2.05, 4.69) is 94.5 Å². The Morgan fingerprint density at radius 3 is 1.48 bits per heavy atom. The summed E-state index contributed by atoms with van der Waals surface area (Å²) in [5.74, 6) is 1.24. The Morgan fingerprint density at radius 2 is 1.17 bits per heavy atom. The molecule has 0 aliphatic heterocycles. The van der Waals surface area contributed by atoms with Crippen molar-refractivity contribution in [3.63, 3.8) is 0 Å². The monoisotopic (exact) mass is 483 g/mol. The Balaban J connectivity index is 0.000000990. The first kappa shape index (κ1) is 26.9. The van der Waals surface area contributed by atoms with E-state index in [9.17, 15) is 0 Å². The molecule has 0 amide bonds. The van der Waals surface area contributed by atoms with Crippen molar-refractivity contribution >= 4 is 26.8 Å². The summed E-state index contributed by atoms with van der Waals surface area (Å²) in [4.78, 5) is 5.32. The molecule has 1 nitrogen and oxygen atoms in total. The van der Waals surface area contributed by atoms with Crippen molar-refractivity contribution in [2.45, 2.75) is 69.6 Å². The molecule has 1 fully saturated rings. The number of halogens is 2. The van der Waals surface area contributed by atoms with Crippen LogP contribution < -0.4 is 0 Å². The predicted molar refractivity (Wildman–Crippen MR) is 130 cm³/mol. The van der Waals surface area contributed by atoms with Gasteiger partial charge in [-0.25, -0.2) is 0 Å². The average Bonchev–Trinajstić information content (AvgIpc) is 3.08. The Kier molecular flexibility index (Phi) is 11.2. The molecule has 0 aromatic heterocycles. The summed E-state index contributed by atoms with van der Waals surface area (Å²) < 4.78 is 0. The quantitative estimate of drug-likeness (QED) is 0.304. The van der Waals surface area contributed by atoms with E-state index in [1.807, 2.05) is 0 Å². The van der Waals surface area contributed by atoms with E-state index in [0.717, 1.165) is 5.54 Å². The van der Waals surface area contributed by atoms with Gasteiger partial charge in [0, 0.05) is 0 Å². The van der Waals surface area contributed by atoms with Gasteiger partial charge in [-0.2, -0.15) is 0 Å². The summed E-state index contributed by atoms with van der Waals surface area (Å²) in [5.41, 5.74) is 3.82. The summed E-state index contributed by atoms with van der Waals surface area (Å²) in [6.07, 6.45) is 2.56. The van der Waals surface area contributed by atoms with Crippen LogP contribution in [0.15, 0.2) is 60.7 Å². The number of rotatable bonds is 4. The van der Waals surface area contributed by atoms with Crippen LogP contribution in [0, 0.1) is 7.43 Å². The SMILES string of the molecule is CC(C)(C)[N-][Si](C)(C)C1CC(c2ccccc2)C(c2ccccc2)C1.[CH3-].[Cl][Ti][Cl]. The molecule has 2 aromatic carbocycles. The number of hydrogen-bond acceptors (Lipinski definition) is 0. The zero-order chi connectivity index (χ0) is 20.8. The first-order valence-corrected chi connectivity index (χ1v) is 17.3. The Bertz CT molecular complexity index is 656. The number of hydrogen-bond donors (Lipinski definition) is 0. The molecular weight excluding hydrogens is 449 g/mol. The van der Waals surface area contributed by atoms with Gasteiger partial charge in [-0.15, -0.1) is 5.54 Å². The van der Waals surface area contributed by atoms with Gasteiger partial charge in [-0.05, 0) is 35.8 Å². The molecular formula is C24H35Cl2NSiTi-2. The number of benzene rings is 2. The molecule has 2 aromatic rings. The second-order valence-corrected chi connectivity index (χ2v) is 16.1. The molecule has 3 rings (SSSR count). The van der Waals surface area contributed by atoms with Gasteiger partial charge >= 0.3 is 35.6 Å². The Labute approximate surface area is 196 Å². The first-order chi connectivity index (χ1) is 13.2. The van der Waals surface area contributed by atoms with Crippen LogP contribution in [0.3, 0.4) is 0 Å². The molecule has 5 heteroatoms. The van der Waals surface area contributed by atoms with Gasteiger partial charge in [0.2, 0.25) is 0 Å². The maximum absolute atomic E-state index is 5.32. The third-order valence-electron chi connectivity index (χ3n) is 5.64. The fourth-order valence-electron chi connectivity index (χ4n) is 4.71. The maximum atomic E-state index is 5.32. The molecule has 0 radical (unpaired) electrons. The normalized spacial score (nSPS) is 21.6. The predicted octanol–water partition coefficient (Wildman–Crippen LogP) is 8.92. The van der Waals surface area contributed by atoms with Crippen molar-refractivity contribution in [3.8, 4) is 0 Å². The van der Waals surface area contributed by atoms with E-state index >= 15 is 0 Å². The third-order valence-corrected chi connectivity index (χ3v) is 9.36. The van der Waals surface area contributed by atoms with Crippen LogP contribution in [0.1, 0.15) is 56.6 Å². The van der Waals surface area contributed by atoms with Crippen LogP contribution in [0.2, 0.25) is 18.6 Å². The third kappa shape index (κ3) is 8.16. The Morgan fingerprint density at radius 1 is 0.828 bits per heavy atom. The summed E-state index contributed by atoms with van der Waals surface area (Å²) in [6, 6.07) is 22.3. The van der Waals surface area contributed by atoms with Gasteiger partial charge < -0.3 is 12.4 Å². The molecule has 0 N–H and O–H groups in total. The molecule has 29 heavy (non-hydrogen) atoms. The van der Waals surface area contributed by atoms with Crippen LogP contribution in [0.25, 0.3) is 4.98 Å². The second kappa shape index (κ2) is 12.1. The van der Waals surface area contributed by atoms with Crippen molar-refractivity contribution in [1.82, 2.24) is 0 Å². The van der Waals surface area contributed by atoms with Gasteiger partial charge in [0.15, 0.2) is 0 Å². The summed E-state index contributed by atoms with van der Waals surface area (Å²) in [6.45, 7) is 11.7. The molecule has 2 unspecified atom stereocenters. The van der Waals surface area contributed by atoms with E-state index in [0.29, 0.717) is 11.8 Å². The van der Waals surface area contributed by atoms with E-state index < -0.39 is 25.3 Å². The molecule has 0 spiro atoms. The second-order valence-electron chi connectivity index (χ2n) is 9.21. The molecule has 0 heterocycles. The molecule has 0 saturated heterocycles. The van der Waals surface area contributed by atoms with Gasteiger partial charge in [0.05, 0.1) is 0 Å². The van der Waals surface area contributed by atoms with Crippen molar-refractivity contribution in [2.75, 3.05) is 0 Å². The topological polar surface area (TPSA) is 14.1 Å². The van der Waals surface area contributed by atoms with Crippen molar-refractivity contribution in [1.29, 1.82) is 0 Å². The van der Waals surface area contributed by atoms with Gasteiger partial charge in [-0.1, -0.05) is 108 Å². The summed E-state index contributed by atoms with van der Waals surface area (Å²) in [5, 5.41) is 0. The summed E-state index contributed by atoms with van der Waals surface area (Å²) in [7, 11) is 8.15. The number of nitrogens with zero attached hydrogens (tertiary/aromatic N) is 1. The van der Waals surface area contributed by atoms with Crippen LogP contribution in [-0.4, -0.2) is 13.8 Å². The Hall–Kier alpha value is -0.0888. The van der Waals surface area contributed by atoms with E-state index in [4.69, 9.17) is 23.6 Å². The van der Waals surface area contributed by atoms with Crippen molar-refractivity contribution in [3.05, 3.63) is 84.2 Å². The van der Waals surface area contributed by atoms with Crippen molar-refractivity contribution < 1.29 is 17.0 Å². The van der Waals surface area contributed by atoms with Gasteiger partial charge in [0.1, 0.15) is 0 Å². The van der Waals surface area contributed by atoms with E-state index in [1.165, 1.54) is 24.0 Å². The van der Waals surface area contributed by atoms with Gasteiger partial charge in [0.25, 0.3) is 0 Å². The van der Waals surface area contributed by atoms with E-state index in [-0.39, 0.29) is 13.0 Å². The molecule has 1 aliphatic carbocycles. The zero-order valence-electron chi connectivity index (χ0n) is 18.6. The molecule has 2 atom stereocenters. The fourth-order valence-corrected chi connectivity index (χ4v) is 8.28. The average molecular weight is 484 g/mol. The fraction of sp³-hybridized carbons (Fsp3) is 0.458. The van der Waals surface area contributed by atoms with Crippen LogP contribution in [0.5, 0.6) is 0 Å². The molecule has 0 bridgehead atoms. The minimum atomic E-state index is -1.63. The minimum absolute atomic E-state index is 0. The first-order valence-electron chi connectivity index (χ1n) is 9.98. The zero-order valence-corrected chi connectivity index (χ0v) is 22.7. The van der Waals surface area contributed by atoms with E-state index in [1.54, 1.807) is 0 Å². The van der Waals surface area contributed by atoms with Gasteiger partial charge in [-0.3, -0.25) is 0 Å². The van der Waals surface area contributed by atoms with Crippen molar-refractivity contribution in [2.24, 2.45) is 0 Å². The molecule has 160 valence electrons. The van der Waals surface area contributed by atoms with Crippen LogP contribution in [0.4, 0.5) is 0 Å². The molecule has 1 aliphatic rings. The standard InChI is InChI=1S/C23H32NSi.CH3.2ClH.Ti/c1-23(2,3)24-25(4,5)20-16-21(18-12-8-6-9-13-18)22(17-20)19-14-10-7-11-15-19;;;;/h6-15,20-22H,16-17H2,1-5H3;1H3;2*1H;/q2*-1;;;+2/p-2. The molecule has 1 saturated carbocycles. The summed E-state index contributed by atoms with van der Waals surface area (Å²) >= 11 is -0.556.